The summed E-state index contributed by atoms with van der Waals surface area (Å²) in [5.41, 5.74) is 7.54. The van der Waals surface area contributed by atoms with Gasteiger partial charge in [-0.1, -0.05) is 12.1 Å². The first kappa shape index (κ1) is 11.9. The number of morpholine rings is 1. The van der Waals surface area contributed by atoms with Gasteiger partial charge in [-0.05, 0) is 19.1 Å². The molecule has 1 saturated heterocycles. The zero-order valence-electron chi connectivity index (χ0n) is 9.97. The molecule has 17 heavy (non-hydrogen) atoms. The van der Waals surface area contributed by atoms with E-state index in [1.54, 1.807) is 0 Å². The Morgan fingerprint density at radius 3 is 3.00 bits per heavy atom. The number of anilines is 1. The molecule has 0 bridgehead atoms. The van der Waals surface area contributed by atoms with Gasteiger partial charge in [-0.15, -0.1) is 0 Å². The zero-order valence-corrected chi connectivity index (χ0v) is 9.97. The smallest absolute Gasteiger partial charge is 0.101 e. The number of nitrogens with two attached hydrogens (primary N) is 1. The van der Waals surface area contributed by atoms with Crippen LogP contribution in [-0.4, -0.2) is 31.8 Å². The van der Waals surface area contributed by atoms with Crippen molar-refractivity contribution in [3.05, 3.63) is 29.8 Å². The molecule has 2 N–H and O–H groups in total. The Morgan fingerprint density at radius 1 is 1.53 bits per heavy atom. The molecule has 1 aromatic rings. The molecule has 4 nitrogen and oxygen atoms in total. The van der Waals surface area contributed by atoms with E-state index in [1.807, 2.05) is 31.2 Å². The first-order valence-corrected chi connectivity index (χ1v) is 5.83. The van der Waals surface area contributed by atoms with Gasteiger partial charge < -0.3 is 15.4 Å². The highest BCUT2D eigenvalue weighted by molar-refractivity contribution is 5.59. The lowest BCUT2D eigenvalue weighted by atomic mass is 10.1. The normalized spacial score (nSPS) is 21.9. The average Bonchev–Trinajstić information content (AvgIpc) is 2.39. The second-order valence-corrected chi connectivity index (χ2v) is 4.34. The van der Waals surface area contributed by atoms with Crippen molar-refractivity contribution in [2.24, 2.45) is 5.73 Å². The van der Waals surface area contributed by atoms with Gasteiger partial charge in [-0.25, -0.2) is 0 Å². The number of rotatable bonds is 2. The number of ether oxygens (including phenoxy) is 1. The third-order valence-corrected chi connectivity index (χ3v) is 3.05. The Labute approximate surface area is 102 Å². The predicted octanol–water partition coefficient (Wildman–Crippen LogP) is 1.11. The largest absolute Gasteiger partial charge is 0.373 e. The molecule has 1 aromatic carbocycles. The molecule has 2 atom stereocenters. The van der Waals surface area contributed by atoms with Crippen molar-refractivity contribution in [1.29, 1.82) is 5.26 Å². The summed E-state index contributed by atoms with van der Waals surface area (Å²) < 4.78 is 5.62. The first-order chi connectivity index (χ1) is 8.22. The molecule has 1 aliphatic heterocycles. The number of hydrogen-bond donors (Lipinski definition) is 1. The lowest BCUT2D eigenvalue weighted by Gasteiger charge is -2.36. The number of hydrogen-bond acceptors (Lipinski definition) is 4. The van der Waals surface area contributed by atoms with Gasteiger partial charge in [0.05, 0.1) is 24.0 Å². The van der Waals surface area contributed by atoms with Gasteiger partial charge in [0, 0.05) is 19.1 Å². The lowest BCUT2D eigenvalue weighted by molar-refractivity contribution is 0.0276. The summed E-state index contributed by atoms with van der Waals surface area (Å²) in [6.45, 7) is 4.16. The van der Waals surface area contributed by atoms with Crippen LogP contribution in [0.1, 0.15) is 12.5 Å². The van der Waals surface area contributed by atoms with Crippen LogP contribution in [0.5, 0.6) is 0 Å². The van der Waals surface area contributed by atoms with Crippen LogP contribution in [0.4, 0.5) is 5.69 Å². The van der Waals surface area contributed by atoms with Crippen LogP contribution in [0.3, 0.4) is 0 Å². The highest BCUT2D eigenvalue weighted by Crippen LogP contribution is 2.22. The molecule has 0 spiro atoms. The van der Waals surface area contributed by atoms with E-state index < -0.39 is 0 Å². The quantitative estimate of drug-likeness (QED) is 0.828. The second-order valence-electron chi connectivity index (χ2n) is 4.34. The van der Waals surface area contributed by atoms with Gasteiger partial charge >= 0.3 is 0 Å². The topological polar surface area (TPSA) is 62.3 Å². The van der Waals surface area contributed by atoms with E-state index in [4.69, 9.17) is 15.7 Å². The molecule has 0 aromatic heterocycles. The SMILES string of the molecule is CC(N)C1CN(c2ccccc2C#N)CCO1. The van der Waals surface area contributed by atoms with Crippen molar-refractivity contribution in [2.75, 3.05) is 24.6 Å². The summed E-state index contributed by atoms with van der Waals surface area (Å²) in [6, 6.07) is 9.87. The van der Waals surface area contributed by atoms with Crippen LogP contribution in [0.2, 0.25) is 0 Å². The van der Waals surface area contributed by atoms with Crippen LogP contribution < -0.4 is 10.6 Å². The molecule has 2 rings (SSSR count). The Balaban J connectivity index is 2.19. The minimum absolute atomic E-state index is 0.00653. The average molecular weight is 231 g/mol. The standard InChI is InChI=1S/C13H17N3O/c1-10(15)13-9-16(6-7-17-13)12-5-3-2-4-11(12)8-14/h2-5,10,13H,6-7,9,15H2,1H3. The molecule has 4 heteroatoms. The molecule has 1 fully saturated rings. The van der Waals surface area contributed by atoms with E-state index in [0.717, 1.165) is 18.8 Å². The zero-order chi connectivity index (χ0) is 12.3. The van der Waals surface area contributed by atoms with Crippen LogP contribution in [0.15, 0.2) is 24.3 Å². The maximum absolute atomic E-state index is 9.09. The molecule has 0 radical (unpaired) electrons. The van der Waals surface area contributed by atoms with Crippen LogP contribution in [-0.2, 0) is 4.74 Å². The minimum atomic E-state index is 0.00653. The molecule has 1 heterocycles. The Morgan fingerprint density at radius 2 is 2.29 bits per heavy atom. The van der Waals surface area contributed by atoms with Crippen molar-refractivity contribution >= 4 is 5.69 Å². The van der Waals surface area contributed by atoms with Crippen LogP contribution in [0.25, 0.3) is 0 Å². The molecule has 90 valence electrons. The summed E-state index contributed by atoms with van der Waals surface area (Å²) in [5.74, 6) is 0. The number of nitrogens with zero attached hydrogens (tertiary/aromatic N) is 2. The molecule has 0 aliphatic carbocycles. The Kier molecular flexibility index (Phi) is 3.62. The second kappa shape index (κ2) is 5.17. The van der Waals surface area contributed by atoms with Gasteiger partial charge in [-0.2, -0.15) is 5.26 Å². The third kappa shape index (κ3) is 2.57. The molecular formula is C13H17N3O. The van der Waals surface area contributed by atoms with E-state index in [2.05, 4.69) is 11.0 Å². The fourth-order valence-electron chi connectivity index (χ4n) is 2.06. The highest BCUT2D eigenvalue weighted by Gasteiger charge is 2.24. The van der Waals surface area contributed by atoms with Gasteiger partial charge in [0.1, 0.15) is 6.07 Å². The van der Waals surface area contributed by atoms with Gasteiger partial charge in [-0.3, -0.25) is 0 Å². The van der Waals surface area contributed by atoms with E-state index in [1.165, 1.54) is 0 Å². The third-order valence-electron chi connectivity index (χ3n) is 3.05. The van der Waals surface area contributed by atoms with Crippen LogP contribution in [0, 0.1) is 11.3 Å². The molecule has 0 amide bonds. The fourth-order valence-corrected chi connectivity index (χ4v) is 2.06. The lowest BCUT2D eigenvalue weighted by Crippen LogP contribution is -2.49. The van der Waals surface area contributed by atoms with Crippen molar-refractivity contribution < 1.29 is 4.74 Å². The van der Waals surface area contributed by atoms with E-state index in [0.29, 0.717) is 12.2 Å². The Bertz CT molecular complexity index is 425. The van der Waals surface area contributed by atoms with Crippen molar-refractivity contribution in [3.63, 3.8) is 0 Å². The predicted molar refractivity (Wildman–Crippen MR) is 66.8 cm³/mol. The van der Waals surface area contributed by atoms with Crippen LogP contribution >= 0.6 is 0 Å². The van der Waals surface area contributed by atoms with E-state index in [9.17, 15) is 0 Å². The van der Waals surface area contributed by atoms with Gasteiger partial charge in [0.2, 0.25) is 0 Å². The monoisotopic (exact) mass is 231 g/mol. The molecular weight excluding hydrogens is 214 g/mol. The van der Waals surface area contributed by atoms with Crippen molar-refractivity contribution in [3.8, 4) is 6.07 Å². The molecule has 2 unspecified atom stereocenters. The first-order valence-electron chi connectivity index (χ1n) is 5.83. The maximum atomic E-state index is 9.09. The summed E-state index contributed by atoms with van der Waals surface area (Å²) in [4.78, 5) is 2.18. The summed E-state index contributed by atoms with van der Waals surface area (Å²) in [6.07, 6.45) is 0.0375. The van der Waals surface area contributed by atoms with Crippen molar-refractivity contribution in [2.45, 2.75) is 19.1 Å². The minimum Gasteiger partial charge on any atom is -0.373 e. The van der Waals surface area contributed by atoms with Gasteiger partial charge in [0.25, 0.3) is 0 Å². The van der Waals surface area contributed by atoms with E-state index >= 15 is 0 Å². The summed E-state index contributed by atoms with van der Waals surface area (Å²) in [7, 11) is 0. The van der Waals surface area contributed by atoms with Crippen molar-refractivity contribution in [1.82, 2.24) is 0 Å². The number of nitriles is 1. The number of para-hydroxylation sites is 1. The summed E-state index contributed by atoms with van der Waals surface area (Å²) in [5, 5.41) is 9.09. The summed E-state index contributed by atoms with van der Waals surface area (Å²) >= 11 is 0. The maximum Gasteiger partial charge on any atom is 0.101 e. The Hall–Kier alpha value is -1.57. The number of benzene rings is 1. The molecule has 1 aliphatic rings. The van der Waals surface area contributed by atoms with E-state index in [-0.39, 0.29) is 12.1 Å². The molecule has 0 saturated carbocycles. The highest BCUT2D eigenvalue weighted by atomic mass is 16.5. The van der Waals surface area contributed by atoms with Gasteiger partial charge in [0.15, 0.2) is 0 Å². The fraction of sp³-hybridized carbons (Fsp3) is 0.462.